The van der Waals surface area contributed by atoms with Gasteiger partial charge in [0, 0.05) is 49.3 Å². The summed E-state index contributed by atoms with van der Waals surface area (Å²) >= 11 is 0. The van der Waals surface area contributed by atoms with Crippen molar-refractivity contribution >= 4 is 30.7 Å². The number of anilines is 2. The van der Waals surface area contributed by atoms with Crippen LogP contribution in [0.25, 0.3) is 10.9 Å². The first-order valence-electron chi connectivity index (χ1n) is 15.8. The number of ether oxygens (including phenoxy) is 1. The van der Waals surface area contributed by atoms with Gasteiger partial charge in [0.1, 0.15) is 17.4 Å². The van der Waals surface area contributed by atoms with Crippen LogP contribution in [-0.2, 0) is 4.43 Å². The fraction of sp³-hybridized carbons (Fsp3) is 0.588. The van der Waals surface area contributed by atoms with E-state index in [0.29, 0.717) is 17.9 Å². The Morgan fingerprint density at radius 1 is 0.805 bits per heavy atom. The van der Waals surface area contributed by atoms with Crippen molar-refractivity contribution in [2.75, 3.05) is 43.1 Å². The summed E-state index contributed by atoms with van der Waals surface area (Å²) in [4.78, 5) is 15.3. The van der Waals surface area contributed by atoms with Gasteiger partial charge >= 0.3 is 0 Å². The van der Waals surface area contributed by atoms with Crippen LogP contribution in [0.3, 0.4) is 0 Å². The second-order valence-electron chi connectivity index (χ2n) is 13.9. The highest BCUT2D eigenvalue weighted by Gasteiger charge is 2.40. The number of benzene rings is 2. The number of methoxy groups -OCH3 is 1. The van der Waals surface area contributed by atoms with Crippen LogP contribution in [-0.4, -0.2) is 57.7 Å². The molecule has 3 aromatic rings. The van der Waals surface area contributed by atoms with E-state index in [1.165, 1.54) is 29.5 Å². The molecule has 0 amide bonds. The molecule has 0 bridgehead atoms. The lowest BCUT2D eigenvalue weighted by atomic mass is 9.88. The standard InChI is InChI=1S/C34H48N4O2Si/c1-34(2,3)41(5,6)40-27-17-21-37(22-18-27)26-13-14-30-29(23-26)33(36-32(35-30)25-11-12-25)38-19-15-24(16-20-38)28-9-7-8-10-31(28)39-4/h7-10,13-14,23-25,27H,11-12,15-22H2,1-6H3. The molecule has 0 atom stereocenters. The summed E-state index contributed by atoms with van der Waals surface area (Å²) in [5, 5.41) is 1.45. The van der Waals surface area contributed by atoms with Gasteiger partial charge in [-0.25, -0.2) is 9.97 Å². The fourth-order valence-electron chi connectivity index (χ4n) is 6.31. The Balaban J connectivity index is 1.21. The van der Waals surface area contributed by atoms with Crippen LogP contribution in [0.4, 0.5) is 11.5 Å². The first kappa shape index (κ1) is 28.5. The van der Waals surface area contributed by atoms with Gasteiger partial charge in [-0.15, -0.1) is 0 Å². The molecule has 1 aromatic heterocycles. The van der Waals surface area contributed by atoms with E-state index in [4.69, 9.17) is 19.1 Å². The molecule has 6 rings (SSSR count). The predicted molar refractivity (Wildman–Crippen MR) is 172 cm³/mol. The summed E-state index contributed by atoms with van der Waals surface area (Å²) in [7, 11) is 0.0336. The third-order valence-corrected chi connectivity index (χ3v) is 14.6. The van der Waals surface area contributed by atoms with E-state index in [2.05, 4.69) is 86.1 Å². The van der Waals surface area contributed by atoms with Gasteiger partial charge in [-0.2, -0.15) is 0 Å². The van der Waals surface area contributed by atoms with Crippen molar-refractivity contribution in [2.24, 2.45) is 0 Å². The quantitative estimate of drug-likeness (QED) is 0.268. The Bertz CT molecular complexity index is 1370. The molecule has 1 aliphatic carbocycles. The number of hydrogen-bond donors (Lipinski definition) is 0. The van der Waals surface area contributed by atoms with Crippen LogP contribution in [0.1, 0.15) is 82.5 Å². The molecule has 2 saturated heterocycles. The second-order valence-corrected chi connectivity index (χ2v) is 18.7. The molecule has 7 heteroatoms. The fourth-order valence-corrected chi connectivity index (χ4v) is 7.73. The second kappa shape index (κ2) is 11.2. The van der Waals surface area contributed by atoms with Gasteiger partial charge in [0.2, 0.25) is 0 Å². The van der Waals surface area contributed by atoms with Crippen molar-refractivity contribution in [3.8, 4) is 5.75 Å². The molecule has 0 unspecified atom stereocenters. The Hall–Kier alpha value is -2.64. The lowest BCUT2D eigenvalue weighted by Gasteiger charge is -2.42. The van der Waals surface area contributed by atoms with Gasteiger partial charge in [-0.3, -0.25) is 0 Å². The van der Waals surface area contributed by atoms with Crippen LogP contribution in [0.2, 0.25) is 18.1 Å². The van der Waals surface area contributed by atoms with Crippen LogP contribution in [0.15, 0.2) is 42.5 Å². The van der Waals surface area contributed by atoms with Crippen molar-refractivity contribution in [3.63, 3.8) is 0 Å². The van der Waals surface area contributed by atoms with Gasteiger partial charge in [0.05, 0.1) is 12.6 Å². The zero-order chi connectivity index (χ0) is 28.8. The van der Waals surface area contributed by atoms with E-state index >= 15 is 0 Å². The van der Waals surface area contributed by atoms with E-state index in [0.717, 1.165) is 74.8 Å². The number of aromatic nitrogens is 2. The first-order chi connectivity index (χ1) is 19.6. The molecule has 3 aliphatic rings. The van der Waals surface area contributed by atoms with Crippen molar-refractivity contribution in [1.29, 1.82) is 0 Å². The number of piperidine rings is 2. The highest BCUT2D eigenvalue weighted by atomic mass is 28.4. The lowest BCUT2D eigenvalue weighted by molar-refractivity contribution is 0.152. The average Bonchev–Trinajstić information content (AvgIpc) is 3.82. The largest absolute Gasteiger partial charge is 0.496 e. The number of rotatable bonds is 7. The van der Waals surface area contributed by atoms with E-state index in [9.17, 15) is 0 Å². The van der Waals surface area contributed by atoms with Gasteiger partial charge in [0.25, 0.3) is 0 Å². The summed E-state index contributed by atoms with van der Waals surface area (Å²) in [6, 6.07) is 15.4. The summed E-state index contributed by atoms with van der Waals surface area (Å²) in [5.74, 6) is 4.23. The molecular weight excluding hydrogens is 524 g/mol. The zero-order valence-corrected chi connectivity index (χ0v) is 26.9. The molecular formula is C34H48N4O2Si. The van der Waals surface area contributed by atoms with Crippen molar-refractivity contribution in [1.82, 2.24) is 9.97 Å². The highest BCUT2D eigenvalue weighted by molar-refractivity contribution is 6.74. The van der Waals surface area contributed by atoms with E-state index in [1.54, 1.807) is 7.11 Å². The third kappa shape index (κ3) is 5.98. The SMILES string of the molecule is COc1ccccc1C1CCN(c2nc(C3CC3)nc3ccc(N4CCC(O[Si](C)(C)C(C)(C)C)CC4)cc23)CC1. The number of para-hydroxylation sites is 1. The maximum absolute atomic E-state index is 6.77. The lowest BCUT2D eigenvalue weighted by Crippen LogP contribution is -2.47. The topological polar surface area (TPSA) is 50.7 Å². The number of hydrogen-bond acceptors (Lipinski definition) is 6. The maximum atomic E-state index is 6.77. The Morgan fingerprint density at radius 2 is 1.49 bits per heavy atom. The van der Waals surface area contributed by atoms with Crippen LogP contribution < -0.4 is 14.5 Å². The zero-order valence-electron chi connectivity index (χ0n) is 25.9. The van der Waals surface area contributed by atoms with E-state index < -0.39 is 8.32 Å². The van der Waals surface area contributed by atoms with Crippen LogP contribution in [0.5, 0.6) is 5.75 Å². The van der Waals surface area contributed by atoms with Crippen molar-refractivity contribution in [2.45, 2.75) is 95.4 Å². The maximum Gasteiger partial charge on any atom is 0.192 e. The van der Waals surface area contributed by atoms with Crippen molar-refractivity contribution in [3.05, 3.63) is 53.9 Å². The third-order valence-electron chi connectivity index (χ3n) is 10.1. The minimum absolute atomic E-state index is 0.250. The van der Waals surface area contributed by atoms with Crippen LogP contribution in [0, 0.1) is 0 Å². The Kier molecular flexibility index (Phi) is 7.79. The highest BCUT2D eigenvalue weighted by Crippen LogP contribution is 2.42. The smallest absolute Gasteiger partial charge is 0.192 e. The van der Waals surface area contributed by atoms with E-state index in [1.807, 2.05) is 0 Å². The molecule has 0 spiro atoms. The molecule has 3 heterocycles. The predicted octanol–water partition coefficient (Wildman–Crippen LogP) is 7.89. The normalized spacial score (nSPS) is 19.7. The molecule has 41 heavy (non-hydrogen) atoms. The Labute approximate surface area is 247 Å². The Morgan fingerprint density at radius 3 is 2.15 bits per heavy atom. The van der Waals surface area contributed by atoms with E-state index in [-0.39, 0.29) is 5.04 Å². The van der Waals surface area contributed by atoms with Gasteiger partial charge in [-0.1, -0.05) is 39.0 Å². The average molecular weight is 573 g/mol. The molecule has 2 aliphatic heterocycles. The summed E-state index contributed by atoms with van der Waals surface area (Å²) < 4.78 is 12.5. The first-order valence-corrected chi connectivity index (χ1v) is 18.7. The van der Waals surface area contributed by atoms with Crippen LogP contribution >= 0.6 is 0 Å². The number of nitrogens with zero attached hydrogens (tertiary/aromatic N) is 4. The number of fused-ring (bicyclic) bond motifs is 1. The monoisotopic (exact) mass is 572 g/mol. The summed E-state index contributed by atoms with van der Waals surface area (Å²) in [6.07, 6.45) is 7.18. The molecule has 220 valence electrons. The molecule has 3 fully saturated rings. The molecule has 0 radical (unpaired) electrons. The summed E-state index contributed by atoms with van der Waals surface area (Å²) in [6.45, 7) is 15.8. The summed E-state index contributed by atoms with van der Waals surface area (Å²) in [5.41, 5.74) is 3.71. The van der Waals surface area contributed by atoms with Gasteiger partial charge in [0.15, 0.2) is 8.32 Å². The molecule has 0 N–H and O–H groups in total. The van der Waals surface area contributed by atoms with Gasteiger partial charge in [-0.05, 0) is 92.4 Å². The minimum atomic E-state index is -1.75. The molecule has 1 saturated carbocycles. The molecule has 6 nitrogen and oxygen atoms in total. The molecule has 2 aromatic carbocycles. The minimum Gasteiger partial charge on any atom is -0.496 e. The van der Waals surface area contributed by atoms with Gasteiger partial charge < -0.3 is 19.0 Å². The van der Waals surface area contributed by atoms with Crippen molar-refractivity contribution < 1.29 is 9.16 Å².